The van der Waals surface area contributed by atoms with Crippen molar-refractivity contribution in [2.75, 3.05) is 6.54 Å². The van der Waals surface area contributed by atoms with Crippen LogP contribution in [-0.2, 0) is 19.4 Å². The van der Waals surface area contributed by atoms with Gasteiger partial charge in [0.2, 0.25) is 0 Å². The highest BCUT2D eigenvalue weighted by Gasteiger charge is 2.16. The summed E-state index contributed by atoms with van der Waals surface area (Å²) < 4.78 is 1.99. The quantitative estimate of drug-likeness (QED) is 0.748. The largest absolute Gasteiger partial charge is 0.311 e. The Morgan fingerprint density at radius 3 is 3.27 bits per heavy atom. The van der Waals surface area contributed by atoms with E-state index in [0.29, 0.717) is 0 Å². The van der Waals surface area contributed by atoms with Crippen molar-refractivity contribution in [3.8, 4) is 0 Å². The van der Waals surface area contributed by atoms with Crippen LogP contribution in [0.25, 0.3) is 5.65 Å². The molecule has 3 heterocycles. The van der Waals surface area contributed by atoms with Crippen LogP contribution >= 0.6 is 0 Å². The van der Waals surface area contributed by atoms with Crippen molar-refractivity contribution in [2.24, 2.45) is 0 Å². The SMILES string of the molecule is CCc1ccc2nc3c(n2n1)CNCC3. The summed E-state index contributed by atoms with van der Waals surface area (Å²) in [4.78, 5) is 4.59. The van der Waals surface area contributed by atoms with E-state index in [4.69, 9.17) is 0 Å². The van der Waals surface area contributed by atoms with E-state index in [9.17, 15) is 0 Å². The summed E-state index contributed by atoms with van der Waals surface area (Å²) in [5.74, 6) is 0. The molecule has 0 saturated carbocycles. The lowest BCUT2D eigenvalue weighted by atomic mass is 10.2. The summed E-state index contributed by atoms with van der Waals surface area (Å²) >= 11 is 0. The number of imidazole rings is 1. The lowest BCUT2D eigenvalue weighted by Gasteiger charge is -2.11. The zero-order valence-electron chi connectivity index (χ0n) is 8.82. The molecule has 15 heavy (non-hydrogen) atoms. The molecule has 4 heteroatoms. The summed E-state index contributed by atoms with van der Waals surface area (Å²) in [7, 11) is 0. The van der Waals surface area contributed by atoms with Crippen LogP contribution in [-0.4, -0.2) is 21.1 Å². The highest BCUT2D eigenvalue weighted by atomic mass is 15.3. The molecule has 0 saturated heterocycles. The van der Waals surface area contributed by atoms with Gasteiger partial charge >= 0.3 is 0 Å². The van der Waals surface area contributed by atoms with Gasteiger partial charge in [0, 0.05) is 19.5 Å². The molecule has 4 nitrogen and oxygen atoms in total. The molecule has 0 spiro atoms. The predicted octanol–water partition coefficient (Wildman–Crippen LogP) is 0.937. The molecule has 0 aliphatic carbocycles. The van der Waals surface area contributed by atoms with Gasteiger partial charge in [-0.25, -0.2) is 9.50 Å². The average Bonchev–Trinajstić information content (AvgIpc) is 2.66. The highest BCUT2D eigenvalue weighted by molar-refractivity contribution is 5.42. The molecule has 0 radical (unpaired) electrons. The smallest absolute Gasteiger partial charge is 0.154 e. The molecular weight excluding hydrogens is 188 g/mol. The molecule has 2 aromatic rings. The fourth-order valence-electron chi connectivity index (χ4n) is 2.04. The third-order valence-corrected chi connectivity index (χ3v) is 2.90. The molecule has 1 N–H and O–H groups in total. The van der Waals surface area contributed by atoms with Crippen molar-refractivity contribution in [3.63, 3.8) is 0 Å². The van der Waals surface area contributed by atoms with Crippen LogP contribution in [0, 0.1) is 0 Å². The molecule has 1 aliphatic heterocycles. The molecule has 78 valence electrons. The van der Waals surface area contributed by atoms with Gasteiger partial charge in [0.1, 0.15) is 0 Å². The van der Waals surface area contributed by atoms with Gasteiger partial charge in [0.05, 0.1) is 17.1 Å². The van der Waals surface area contributed by atoms with Crippen LogP contribution in [0.5, 0.6) is 0 Å². The van der Waals surface area contributed by atoms with Gasteiger partial charge in [-0.15, -0.1) is 0 Å². The molecule has 0 amide bonds. The zero-order valence-corrected chi connectivity index (χ0v) is 8.82. The van der Waals surface area contributed by atoms with E-state index in [1.807, 2.05) is 4.52 Å². The Balaban J connectivity index is 2.24. The molecule has 0 fully saturated rings. The number of nitrogens with one attached hydrogen (secondary N) is 1. The lowest BCUT2D eigenvalue weighted by molar-refractivity contribution is 0.609. The van der Waals surface area contributed by atoms with Crippen LogP contribution in [0.15, 0.2) is 12.1 Å². The summed E-state index contributed by atoms with van der Waals surface area (Å²) in [6.07, 6.45) is 1.98. The van der Waals surface area contributed by atoms with E-state index >= 15 is 0 Å². The molecule has 0 bridgehead atoms. The zero-order chi connectivity index (χ0) is 10.3. The molecule has 3 rings (SSSR count). The maximum absolute atomic E-state index is 4.59. The van der Waals surface area contributed by atoms with Gasteiger partial charge in [0.15, 0.2) is 5.65 Å². The number of hydrogen-bond donors (Lipinski definition) is 1. The molecule has 0 unspecified atom stereocenters. The number of fused-ring (bicyclic) bond motifs is 3. The predicted molar refractivity (Wildman–Crippen MR) is 57.8 cm³/mol. The molecule has 1 aliphatic rings. The maximum atomic E-state index is 4.59. The Bertz CT molecular complexity index is 501. The minimum Gasteiger partial charge on any atom is -0.311 e. The second kappa shape index (κ2) is 3.31. The fraction of sp³-hybridized carbons (Fsp3) is 0.455. The third kappa shape index (κ3) is 1.33. The lowest BCUT2D eigenvalue weighted by Crippen LogP contribution is -2.24. The molecular formula is C11H14N4. The van der Waals surface area contributed by atoms with Crippen LogP contribution in [0.4, 0.5) is 0 Å². The van der Waals surface area contributed by atoms with Crippen LogP contribution in [0.3, 0.4) is 0 Å². The van der Waals surface area contributed by atoms with Crippen molar-refractivity contribution < 1.29 is 0 Å². The van der Waals surface area contributed by atoms with Crippen LogP contribution < -0.4 is 5.32 Å². The first-order chi connectivity index (χ1) is 7.38. The Labute approximate surface area is 88.3 Å². The number of hydrogen-bond acceptors (Lipinski definition) is 3. The van der Waals surface area contributed by atoms with E-state index in [1.165, 1.54) is 11.4 Å². The van der Waals surface area contributed by atoms with Gasteiger partial charge in [-0.2, -0.15) is 5.10 Å². The minimum absolute atomic E-state index is 0.886. The van der Waals surface area contributed by atoms with Crippen molar-refractivity contribution in [3.05, 3.63) is 29.2 Å². The normalized spacial score (nSPS) is 15.5. The molecule has 0 atom stereocenters. The van der Waals surface area contributed by atoms with E-state index in [2.05, 4.69) is 34.5 Å². The Morgan fingerprint density at radius 1 is 1.47 bits per heavy atom. The number of nitrogens with zero attached hydrogens (tertiary/aromatic N) is 3. The van der Waals surface area contributed by atoms with E-state index in [1.54, 1.807) is 0 Å². The summed E-state index contributed by atoms with van der Waals surface area (Å²) in [6.45, 7) is 4.03. The Hall–Kier alpha value is -1.42. The third-order valence-electron chi connectivity index (χ3n) is 2.90. The van der Waals surface area contributed by atoms with Crippen LogP contribution in [0.1, 0.15) is 24.0 Å². The average molecular weight is 202 g/mol. The van der Waals surface area contributed by atoms with Gasteiger partial charge in [-0.05, 0) is 18.6 Å². The summed E-state index contributed by atoms with van der Waals surface area (Å²) in [6, 6.07) is 4.12. The topological polar surface area (TPSA) is 42.2 Å². The Morgan fingerprint density at radius 2 is 2.40 bits per heavy atom. The fourth-order valence-corrected chi connectivity index (χ4v) is 2.04. The van der Waals surface area contributed by atoms with Crippen molar-refractivity contribution >= 4 is 5.65 Å². The number of aryl methyl sites for hydroxylation is 1. The number of aromatic nitrogens is 3. The first kappa shape index (κ1) is 8.85. The first-order valence-corrected chi connectivity index (χ1v) is 5.45. The number of rotatable bonds is 1. The minimum atomic E-state index is 0.886. The summed E-state index contributed by atoms with van der Waals surface area (Å²) in [5.41, 5.74) is 4.52. The van der Waals surface area contributed by atoms with Crippen LogP contribution in [0.2, 0.25) is 0 Å². The Kier molecular flexibility index (Phi) is 1.95. The molecule has 2 aromatic heterocycles. The maximum Gasteiger partial charge on any atom is 0.154 e. The van der Waals surface area contributed by atoms with E-state index in [-0.39, 0.29) is 0 Å². The van der Waals surface area contributed by atoms with Gasteiger partial charge in [0.25, 0.3) is 0 Å². The van der Waals surface area contributed by atoms with Crippen molar-refractivity contribution in [2.45, 2.75) is 26.3 Å². The summed E-state index contributed by atoms with van der Waals surface area (Å²) in [5, 5.41) is 7.94. The van der Waals surface area contributed by atoms with Crippen molar-refractivity contribution in [1.29, 1.82) is 0 Å². The van der Waals surface area contributed by atoms with Gasteiger partial charge in [-0.1, -0.05) is 6.92 Å². The van der Waals surface area contributed by atoms with E-state index in [0.717, 1.165) is 37.3 Å². The molecule has 0 aromatic carbocycles. The monoisotopic (exact) mass is 202 g/mol. The second-order valence-corrected chi connectivity index (χ2v) is 3.88. The second-order valence-electron chi connectivity index (χ2n) is 3.88. The van der Waals surface area contributed by atoms with Gasteiger partial charge in [-0.3, -0.25) is 0 Å². The first-order valence-electron chi connectivity index (χ1n) is 5.45. The van der Waals surface area contributed by atoms with E-state index < -0.39 is 0 Å². The van der Waals surface area contributed by atoms with Crippen molar-refractivity contribution in [1.82, 2.24) is 19.9 Å². The highest BCUT2D eigenvalue weighted by Crippen LogP contribution is 2.15. The van der Waals surface area contributed by atoms with Gasteiger partial charge < -0.3 is 5.32 Å². The standard InChI is InChI=1S/C11H14N4/c1-2-8-3-4-11-13-9-5-6-12-7-10(9)15(11)14-8/h3-4,12H,2,5-7H2,1H3.